The summed E-state index contributed by atoms with van der Waals surface area (Å²) in [6, 6.07) is 11.5. The Labute approximate surface area is 180 Å². The Bertz CT molecular complexity index is 1020. The van der Waals surface area contributed by atoms with E-state index in [1.165, 1.54) is 4.88 Å². The zero-order valence-corrected chi connectivity index (χ0v) is 18.5. The molecular weight excluding hydrogens is 400 g/mol. The average molecular weight is 427 g/mol. The molecule has 7 heteroatoms. The fourth-order valence-electron chi connectivity index (χ4n) is 3.31. The van der Waals surface area contributed by atoms with E-state index >= 15 is 0 Å². The second kappa shape index (κ2) is 10.1. The molecule has 158 valence electrons. The fourth-order valence-corrected chi connectivity index (χ4v) is 4.01. The molecule has 0 aliphatic carbocycles. The minimum atomic E-state index is -0.112. The first kappa shape index (κ1) is 21.6. The highest BCUT2D eigenvalue weighted by atomic mass is 32.1. The number of ketones is 1. The number of hydrogen-bond acceptors (Lipinski definition) is 6. The van der Waals surface area contributed by atoms with Crippen molar-refractivity contribution in [3.8, 4) is 11.5 Å². The minimum absolute atomic E-state index is 0.0880. The van der Waals surface area contributed by atoms with E-state index in [0.29, 0.717) is 17.1 Å². The molecule has 2 heterocycles. The molecule has 0 saturated heterocycles. The molecule has 0 saturated carbocycles. The monoisotopic (exact) mass is 426 g/mol. The molecule has 3 aromatic rings. The lowest BCUT2D eigenvalue weighted by molar-refractivity contribution is 0.0778. The summed E-state index contributed by atoms with van der Waals surface area (Å²) in [4.78, 5) is 19.2. The second-order valence-corrected chi connectivity index (χ2v) is 7.84. The highest BCUT2D eigenvalue weighted by molar-refractivity contribution is 7.09. The Morgan fingerprint density at radius 3 is 2.63 bits per heavy atom. The largest absolute Gasteiger partial charge is 0.493 e. The molecule has 0 fully saturated rings. The Morgan fingerprint density at radius 1 is 1.13 bits per heavy atom. The molecular formula is C23H26N2O4S. The van der Waals surface area contributed by atoms with E-state index in [1.54, 1.807) is 43.9 Å². The van der Waals surface area contributed by atoms with Crippen LogP contribution in [0.1, 0.15) is 32.2 Å². The summed E-state index contributed by atoms with van der Waals surface area (Å²) in [5.41, 5.74) is 3.50. The Balaban J connectivity index is 1.58. The number of aromatic nitrogens is 1. The van der Waals surface area contributed by atoms with E-state index in [2.05, 4.69) is 27.2 Å². The van der Waals surface area contributed by atoms with Crippen molar-refractivity contribution in [2.24, 2.45) is 5.16 Å². The molecule has 0 amide bonds. The second-order valence-electron chi connectivity index (χ2n) is 6.81. The van der Waals surface area contributed by atoms with Crippen LogP contribution in [0.25, 0.3) is 0 Å². The smallest absolute Gasteiger partial charge is 0.204 e. The quantitative estimate of drug-likeness (QED) is 0.269. The van der Waals surface area contributed by atoms with Crippen LogP contribution in [-0.4, -0.2) is 37.4 Å². The maximum atomic E-state index is 12.6. The number of carbonyl (C=O) groups excluding carboxylic acids is 1. The number of Topliss-reactive ketones (excluding diaryl/α,β-unsaturated/α-hetero) is 1. The highest BCUT2D eigenvalue weighted by Gasteiger charge is 2.16. The number of aryl methyl sites for hydroxylation is 2. The topological polar surface area (TPSA) is 62.0 Å². The van der Waals surface area contributed by atoms with E-state index in [-0.39, 0.29) is 12.4 Å². The van der Waals surface area contributed by atoms with Gasteiger partial charge in [-0.3, -0.25) is 4.79 Å². The number of rotatable bonds is 10. The summed E-state index contributed by atoms with van der Waals surface area (Å²) < 4.78 is 12.7. The maximum Gasteiger partial charge on any atom is 0.204 e. The molecule has 2 aromatic heterocycles. The van der Waals surface area contributed by atoms with Crippen LogP contribution < -0.4 is 9.47 Å². The van der Waals surface area contributed by atoms with Crippen LogP contribution in [0.3, 0.4) is 0 Å². The number of ether oxygens (including phenoxy) is 2. The van der Waals surface area contributed by atoms with Crippen LogP contribution in [0, 0.1) is 13.8 Å². The molecule has 0 bridgehead atoms. The van der Waals surface area contributed by atoms with Gasteiger partial charge in [-0.15, -0.1) is 11.3 Å². The predicted octanol–water partition coefficient (Wildman–Crippen LogP) is 4.66. The Kier molecular flexibility index (Phi) is 7.30. The fraction of sp³-hybridized carbons (Fsp3) is 0.304. The van der Waals surface area contributed by atoms with Gasteiger partial charge in [-0.05, 0) is 56.0 Å². The Morgan fingerprint density at radius 2 is 1.93 bits per heavy atom. The van der Waals surface area contributed by atoms with Gasteiger partial charge in [0, 0.05) is 33.9 Å². The van der Waals surface area contributed by atoms with Gasteiger partial charge in [0.2, 0.25) is 5.78 Å². The molecule has 3 rings (SSSR count). The third-order valence-corrected chi connectivity index (χ3v) is 5.85. The zero-order valence-electron chi connectivity index (χ0n) is 17.7. The van der Waals surface area contributed by atoms with Gasteiger partial charge < -0.3 is 18.9 Å². The van der Waals surface area contributed by atoms with Gasteiger partial charge in [-0.2, -0.15) is 0 Å². The molecule has 0 N–H and O–H groups in total. The highest BCUT2D eigenvalue weighted by Crippen LogP contribution is 2.26. The van der Waals surface area contributed by atoms with Crippen molar-refractivity contribution in [3.63, 3.8) is 0 Å². The lowest BCUT2D eigenvalue weighted by atomic mass is 10.1. The number of hydrogen-bond donors (Lipinski definition) is 0. The first-order valence-corrected chi connectivity index (χ1v) is 10.5. The predicted molar refractivity (Wildman–Crippen MR) is 119 cm³/mol. The van der Waals surface area contributed by atoms with Crippen LogP contribution in [0.15, 0.2) is 46.9 Å². The molecule has 6 nitrogen and oxygen atoms in total. The third kappa shape index (κ3) is 5.10. The van der Waals surface area contributed by atoms with Gasteiger partial charge in [0.1, 0.15) is 0 Å². The zero-order chi connectivity index (χ0) is 21.5. The van der Waals surface area contributed by atoms with Gasteiger partial charge in [-0.25, -0.2) is 0 Å². The number of oxime groups is 1. The van der Waals surface area contributed by atoms with Crippen LogP contribution in [-0.2, 0) is 17.8 Å². The molecule has 30 heavy (non-hydrogen) atoms. The molecule has 0 atom stereocenters. The van der Waals surface area contributed by atoms with Gasteiger partial charge in [0.15, 0.2) is 18.1 Å². The van der Waals surface area contributed by atoms with Gasteiger partial charge >= 0.3 is 0 Å². The van der Waals surface area contributed by atoms with Crippen molar-refractivity contribution in [1.82, 2.24) is 4.57 Å². The summed E-state index contributed by atoms with van der Waals surface area (Å²) in [7, 11) is 3.16. The van der Waals surface area contributed by atoms with Gasteiger partial charge in [0.25, 0.3) is 0 Å². The first-order valence-electron chi connectivity index (χ1n) is 9.63. The molecule has 1 aromatic carbocycles. The van der Waals surface area contributed by atoms with Crippen molar-refractivity contribution < 1.29 is 19.1 Å². The van der Waals surface area contributed by atoms with Crippen LogP contribution in [0.2, 0.25) is 0 Å². The van der Waals surface area contributed by atoms with Crippen molar-refractivity contribution in [2.45, 2.75) is 26.8 Å². The average Bonchev–Trinajstić information content (AvgIpc) is 3.37. The van der Waals surface area contributed by atoms with E-state index in [0.717, 1.165) is 29.9 Å². The van der Waals surface area contributed by atoms with Crippen LogP contribution in [0.4, 0.5) is 0 Å². The number of carbonyl (C=O) groups is 1. The molecule has 0 radical (unpaired) electrons. The SMILES string of the molecule is COc1ccc(/C=N/OCC(=O)c2cc(C)n(CCc3cccs3)c2C)cc1OC. The van der Waals surface area contributed by atoms with Crippen LogP contribution >= 0.6 is 11.3 Å². The number of thiophene rings is 1. The van der Waals surface area contributed by atoms with Gasteiger partial charge in [0.05, 0.1) is 20.4 Å². The van der Waals surface area contributed by atoms with Crippen LogP contribution in [0.5, 0.6) is 11.5 Å². The standard InChI is InChI=1S/C23H26N2O4S/c1-16-12-20(17(2)25(16)10-9-19-6-5-11-30-19)21(26)15-29-24-14-18-7-8-22(27-3)23(13-18)28-4/h5-8,11-14H,9-10,15H2,1-4H3/b24-14+. The van der Waals surface area contributed by atoms with Crippen molar-refractivity contribution in [2.75, 3.05) is 20.8 Å². The van der Waals surface area contributed by atoms with Gasteiger partial charge in [-0.1, -0.05) is 11.2 Å². The lowest BCUT2D eigenvalue weighted by Crippen LogP contribution is -2.10. The minimum Gasteiger partial charge on any atom is -0.493 e. The number of methoxy groups -OCH3 is 2. The summed E-state index contributed by atoms with van der Waals surface area (Å²) in [6.07, 6.45) is 2.49. The normalized spacial score (nSPS) is 11.1. The Hall–Kier alpha value is -3.06. The number of nitrogens with zero attached hydrogens (tertiary/aromatic N) is 2. The van der Waals surface area contributed by atoms with E-state index in [9.17, 15) is 4.79 Å². The van der Waals surface area contributed by atoms with E-state index < -0.39 is 0 Å². The number of benzene rings is 1. The molecule has 0 aliphatic heterocycles. The summed E-state index contributed by atoms with van der Waals surface area (Å²) in [5.74, 6) is 1.16. The molecule has 0 unspecified atom stereocenters. The van der Waals surface area contributed by atoms with Crippen molar-refractivity contribution >= 4 is 23.3 Å². The van der Waals surface area contributed by atoms with E-state index in [4.69, 9.17) is 14.3 Å². The summed E-state index contributed by atoms with van der Waals surface area (Å²) >= 11 is 1.75. The van der Waals surface area contributed by atoms with Crippen molar-refractivity contribution in [3.05, 3.63) is 69.2 Å². The van der Waals surface area contributed by atoms with Crippen molar-refractivity contribution in [1.29, 1.82) is 0 Å². The van der Waals surface area contributed by atoms with E-state index in [1.807, 2.05) is 26.0 Å². The summed E-state index contributed by atoms with van der Waals surface area (Å²) in [6.45, 7) is 4.73. The maximum absolute atomic E-state index is 12.6. The first-order chi connectivity index (χ1) is 14.5. The lowest BCUT2D eigenvalue weighted by Gasteiger charge is -2.09. The summed E-state index contributed by atoms with van der Waals surface area (Å²) in [5, 5.41) is 6.00. The third-order valence-electron chi connectivity index (χ3n) is 4.92. The molecule has 0 aliphatic rings. The molecule has 0 spiro atoms.